The Balaban J connectivity index is 2.99. The van der Waals surface area contributed by atoms with Crippen LogP contribution in [0.3, 0.4) is 0 Å². The fourth-order valence-electron chi connectivity index (χ4n) is 1.78. The molecule has 0 aromatic heterocycles. The summed E-state index contributed by atoms with van der Waals surface area (Å²) in [7, 11) is -1.11. The van der Waals surface area contributed by atoms with Gasteiger partial charge in [0.2, 0.25) is 7.37 Å². The van der Waals surface area contributed by atoms with E-state index < -0.39 is 12.6 Å². The van der Waals surface area contributed by atoms with Crippen LogP contribution in [-0.2, 0) is 9.09 Å². The normalized spacial score (nSPS) is 31.9. The Bertz CT molecular complexity index is 247. The molecule has 76 valence electrons. The molecule has 1 aliphatic rings. The second-order valence-corrected chi connectivity index (χ2v) is 6.40. The summed E-state index contributed by atoms with van der Waals surface area (Å²) in [6, 6.07) is 0. The van der Waals surface area contributed by atoms with Gasteiger partial charge in [-0.05, 0) is 6.42 Å². The van der Waals surface area contributed by atoms with Gasteiger partial charge in [0.25, 0.3) is 0 Å². The quantitative estimate of drug-likeness (QED) is 0.661. The van der Waals surface area contributed by atoms with E-state index >= 15 is 0 Å². The standard InChI is InChI=1S/C8H17N2O2P/c1-4-8(6-7-9-10-8)13(11,5-2)12-3/h4-7H2,1-3H3. The minimum atomic E-state index is -2.62. The lowest BCUT2D eigenvalue weighted by atomic mass is 10.2. The van der Waals surface area contributed by atoms with E-state index in [2.05, 4.69) is 10.2 Å². The molecule has 0 aromatic carbocycles. The van der Waals surface area contributed by atoms with Crippen LogP contribution in [0.4, 0.5) is 0 Å². The zero-order valence-electron chi connectivity index (χ0n) is 8.49. The number of hydrogen-bond acceptors (Lipinski definition) is 4. The summed E-state index contributed by atoms with van der Waals surface area (Å²) in [5.74, 6) is 0. The van der Waals surface area contributed by atoms with Crippen molar-refractivity contribution in [2.75, 3.05) is 19.8 Å². The molecule has 13 heavy (non-hydrogen) atoms. The van der Waals surface area contributed by atoms with E-state index in [1.54, 1.807) is 0 Å². The van der Waals surface area contributed by atoms with E-state index in [4.69, 9.17) is 4.52 Å². The summed E-state index contributed by atoms with van der Waals surface area (Å²) in [5.41, 5.74) is 0. The second-order valence-electron chi connectivity index (χ2n) is 3.22. The van der Waals surface area contributed by atoms with Crippen molar-refractivity contribution in [3.05, 3.63) is 0 Å². The minimum Gasteiger partial charge on any atom is -0.330 e. The van der Waals surface area contributed by atoms with E-state index in [1.165, 1.54) is 7.11 Å². The molecule has 0 amide bonds. The summed E-state index contributed by atoms with van der Waals surface area (Å²) in [4.78, 5) is 0. The highest BCUT2D eigenvalue weighted by molar-refractivity contribution is 7.60. The SMILES string of the molecule is CCC1(P(=O)(CC)OC)CCN=N1. The third-order valence-electron chi connectivity index (χ3n) is 2.78. The van der Waals surface area contributed by atoms with E-state index in [-0.39, 0.29) is 0 Å². The fraction of sp³-hybridized carbons (Fsp3) is 1.00. The number of hydrogen-bond donors (Lipinski definition) is 0. The molecule has 1 aliphatic heterocycles. The van der Waals surface area contributed by atoms with Gasteiger partial charge < -0.3 is 4.52 Å². The van der Waals surface area contributed by atoms with Gasteiger partial charge in [0.05, 0.1) is 6.54 Å². The van der Waals surface area contributed by atoms with Gasteiger partial charge in [0.15, 0.2) is 5.28 Å². The molecule has 5 heteroatoms. The average Bonchev–Trinajstić information content (AvgIpc) is 2.66. The van der Waals surface area contributed by atoms with Gasteiger partial charge >= 0.3 is 0 Å². The molecule has 2 unspecified atom stereocenters. The first kappa shape index (κ1) is 10.9. The van der Waals surface area contributed by atoms with Crippen molar-refractivity contribution >= 4 is 7.37 Å². The van der Waals surface area contributed by atoms with Crippen LogP contribution in [0.25, 0.3) is 0 Å². The van der Waals surface area contributed by atoms with Crippen LogP contribution in [-0.4, -0.2) is 25.1 Å². The highest BCUT2D eigenvalue weighted by Gasteiger charge is 2.48. The summed E-state index contributed by atoms with van der Waals surface area (Å²) < 4.78 is 17.5. The van der Waals surface area contributed by atoms with E-state index in [0.717, 1.165) is 12.8 Å². The minimum absolute atomic E-state index is 0.517. The Morgan fingerprint density at radius 2 is 2.23 bits per heavy atom. The lowest BCUT2D eigenvalue weighted by Crippen LogP contribution is -2.25. The van der Waals surface area contributed by atoms with Crippen molar-refractivity contribution in [3.63, 3.8) is 0 Å². The van der Waals surface area contributed by atoms with E-state index in [0.29, 0.717) is 12.7 Å². The van der Waals surface area contributed by atoms with Crippen LogP contribution < -0.4 is 0 Å². The van der Waals surface area contributed by atoms with Gasteiger partial charge in [-0.3, -0.25) is 4.57 Å². The molecular formula is C8H17N2O2P. The zero-order chi connectivity index (χ0) is 9.95. The molecule has 0 bridgehead atoms. The molecule has 0 spiro atoms. The summed E-state index contributed by atoms with van der Waals surface area (Å²) in [6.45, 7) is 4.56. The molecule has 1 rings (SSSR count). The molecule has 1 heterocycles. The molecule has 0 aliphatic carbocycles. The first-order chi connectivity index (χ1) is 6.14. The molecule has 0 radical (unpaired) electrons. The maximum absolute atomic E-state index is 12.3. The second kappa shape index (κ2) is 3.89. The summed E-state index contributed by atoms with van der Waals surface area (Å²) in [5, 5.41) is 7.56. The molecule has 2 atom stereocenters. The van der Waals surface area contributed by atoms with Crippen LogP contribution >= 0.6 is 7.37 Å². The lowest BCUT2D eigenvalue weighted by Gasteiger charge is -2.30. The van der Waals surface area contributed by atoms with Gasteiger partial charge in [0.1, 0.15) is 0 Å². The Kier molecular flexibility index (Phi) is 3.25. The van der Waals surface area contributed by atoms with Gasteiger partial charge in [-0.15, -0.1) is 0 Å². The maximum Gasteiger partial charge on any atom is 0.231 e. The van der Waals surface area contributed by atoms with Crippen molar-refractivity contribution < 1.29 is 9.09 Å². The molecule has 0 saturated heterocycles. The van der Waals surface area contributed by atoms with Crippen molar-refractivity contribution in [1.82, 2.24) is 0 Å². The molecule has 4 nitrogen and oxygen atoms in total. The van der Waals surface area contributed by atoms with Crippen LogP contribution in [0.2, 0.25) is 0 Å². The Morgan fingerprint density at radius 3 is 2.54 bits per heavy atom. The number of nitrogens with zero attached hydrogens (tertiary/aromatic N) is 2. The van der Waals surface area contributed by atoms with Crippen LogP contribution in [0.15, 0.2) is 10.2 Å². The van der Waals surface area contributed by atoms with Crippen LogP contribution in [0.5, 0.6) is 0 Å². The summed E-state index contributed by atoms with van der Waals surface area (Å²) in [6.07, 6.45) is 2.05. The number of rotatable bonds is 4. The monoisotopic (exact) mass is 204 g/mol. The lowest BCUT2D eigenvalue weighted by molar-refractivity contribution is 0.353. The predicted molar refractivity (Wildman–Crippen MR) is 52.5 cm³/mol. The van der Waals surface area contributed by atoms with Gasteiger partial charge in [0, 0.05) is 19.7 Å². The third-order valence-corrected chi connectivity index (χ3v) is 6.10. The largest absolute Gasteiger partial charge is 0.330 e. The Hall–Kier alpha value is -0.210. The Morgan fingerprint density at radius 1 is 1.54 bits per heavy atom. The van der Waals surface area contributed by atoms with Crippen LogP contribution in [0, 0.1) is 0 Å². The fourth-order valence-corrected chi connectivity index (χ4v) is 4.09. The van der Waals surface area contributed by atoms with E-state index in [9.17, 15) is 4.57 Å². The van der Waals surface area contributed by atoms with Gasteiger partial charge in [-0.2, -0.15) is 10.2 Å². The molecule has 0 fully saturated rings. The average molecular weight is 204 g/mol. The Labute approximate surface area is 79.2 Å². The first-order valence-corrected chi connectivity index (χ1v) is 6.48. The van der Waals surface area contributed by atoms with Gasteiger partial charge in [-0.1, -0.05) is 13.8 Å². The third kappa shape index (κ3) is 1.57. The topological polar surface area (TPSA) is 51.0 Å². The zero-order valence-corrected chi connectivity index (χ0v) is 9.38. The molecular weight excluding hydrogens is 187 g/mol. The van der Waals surface area contributed by atoms with Crippen molar-refractivity contribution in [2.24, 2.45) is 10.2 Å². The maximum atomic E-state index is 12.3. The highest BCUT2D eigenvalue weighted by Crippen LogP contribution is 2.63. The van der Waals surface area contributed by atoms with Crippen molar-refractivity contribution in [1.29, 1.82) is 0 Å². The smallest absolute Gasteiger partial charge is 0.231 e. The van der Waals surface area contributed by atoms with E-state index in [1.807, 2.05) is 13.8 Å². The number of azo groups is 1. The summed E-state index contributed by atoms with van der Waals surface area (Å²) >= 11 is 0. The molecule has 0 saturated carbocycles. The molecule has 0 N–H and O–H groups in total. The van der Waals surface area contributed by atoms with Crippen molar-refractivity contribution in [2.45, 2.75) is 32.0 Å². The van der Waals surface area contributed by atoms with Crippen molar-refractivity contribution in [3.8, 4) is 0 Å². The van der Waals surface area contributed by atoms with Gasteiger partial charge in [-0.25, -0.2) is 0 Å². The predicted octanol–water partition coefficient (Wildman–Crippen LogP) is 2.89. The highest BCUT2D eigenvalue weighted by atomic mass is 31.2. The first-order valence-electron chi connectivity index (χ1n) is 4.67. The van der Waals surface area contributed by atoms with Crippen LogP contribution in [0.1, 0.15) is 26.7 Å². The molecule has 0 aromatic rings.